The number of aromatic amines is 1. The minimum atomic E-state index is -0.916. The lowest BCUT2D eigenvalue weighted by atomic mass is 10.00. The van der Waals surface area contributed by atoms with Crippen LogP contribution in [0.4, 0.5) is 4.79 Å². The normalized spacial score (nSPS) is 15.6. The number of carbonyl (C=O) groups is 1. The van der Waals surface area contributed by atoms with Gasteiger partial charge in [0.05, 0.1) is 5.39 Å². The third-order valence-electron chi connectivity index (χ3n) is 3.28. The fourth-order valence-electron chi connectivity index (χ4n) is 2.29. The maximum Gasteiger partial charge on any atom is 0.407 e. The summed E-state index contributed by atoms with van der Waals surface area (Å²) in [5, 5.41) is 19.3. The van der Waals surface area contributed by atoms with Gasteiger partial charge in [-0.25, -0.2) is 14.8 Å². The molecule has 3 heterocycles. The van der Waals surface area contributed by atoms with Crippen LogP contribution in [0.25, 0.3) is 16.6 Å². The van der Waals surface area contributed by atoms with Crippen molar-refractivity contribution < 1.29 is 15.0 Å². The molecule has 0 bridgehead atoms. The first-order valence-corrected chi connectivity index (χ1v) is 5.85. The van der Waals surface area contributed by atoms with Crippen LogP contribution >= 0.6 is 0 Å². The molecule has 1 aliphatic heterocycles. The zero-order valence-corrected chi connectivity index (χ0v) is 10.00. The molecule has 98 valence electrons. The van der Waals surface area contributed by atoms with Crippen molar-refractivity contribution in [3.8, 4) is 5.88 Å². The number of nitrogens with zero attached hydrogens (tertiary/aromatic N) is 3. The number of hydrogen-bond donors (Lipinski definition) is 3. The van der Waals surface area contributed by atoms with Gasteiger partial charge in [-0.1, -0.05) is 6.08 Å². The first kappa shape index (κ1) is 11.5. The number of amides is 1. The molecule has 0 spiro atoms. The van der Waals surface area contributed by atoms with Crippen LogP contribution in [0.15, 0.2) is 18.6 Å². The van der Waals surface area contributed by atoms with E-state index in [9.17, 15) is 9.90 Å². The Labute approximate surface area is 108 Å². The summed E-state index contributed by atoms with van der Waals surface area (Å²) in [6.45, 7) is 0.800. The Morgan fingerprint density at radius 1 is 1.42 bits per heavy atom. The summed E-state index contributed by atoms with van der Waals surface area (Å²) >= 11 is 0. The van der Waals surface area contributed by atoms with E-state index in [0.29, 0.717) is 30.5 Å². The van der Waals surface area contributed by atoms with Crippen LogP contribution in [0, 0.1) is 0 Å². The summed E-state index contributed by atoms with van der Waals surface area (Å²) in [5.74, 6) is -0.0668. The quantitative estimate of drug-likeness (QED) is 0.719. The molecule has 0 fully saturated rings. The molecule has 1 amide bonds. The summed E-state index contributed by atoms with van der Waals surface area (Å²) in [6.07, 6.45) is 4.60. The maximum absolute atomic E-state index is 10.8. The molecule has 19 heavy (non-hydrogen) atoms. The molecule has 0 aliphatic carbocycles. The number of rotatable bonds is 1. The second-order valence-electron chi connectivity index (χ2n) is 4.33. The van der Waals surface area contributed by atoms with Crippen LogP contribution in [0.2, 0.25) is 0 Å². The average molecular weight is 260 g/mol. The zero-order chi connectivity index (χ0) is 13.4. The molecule has 2 aromatic heterocycles. The minimum absolute atomic E-state index is 0.0668. The monoisotopic (exact) mass is 260 g/mol. The van der Waals surface area contributed by atoms with Crippen LogP contribution in [-0.2, 0) is 0 Å². The average Bonchev–Trinajstić information content (AvgIpc) is 2.84. The van der Waals surface area contributed by atoms with Crippen molar-refractivity contribution in [2.75, 3.05) is 13.1 Å². The van der Waals surface area contributed by atoms with Gasteiger partial charge in [0.15, 0.2) is 0 Å². The van der Waals surface area contributed by atoms with E-state index in [-0.39, 0.29) is 5.88 Å². The lowest BCUT2D eigenvalue weighted by Crippen LogP contribution is -2.33. The lowest BCUT2D eigenvalue weighted by Gasteiger charge is -2.23. The number of nitrogens with one attached hydrogen (secondary N) is 1. The first-order chi connectivity index (χ1) is 9.16. The summed E-state index contributed by atoms with van der Waals surface area (Å²) in [7, 11) is 0. The second kappa shape index (κ2) is 4.27. The molecule has 1 aliphatic rings. The summed E-state index contributed by atoms with van der Waals surface area (Å²) in [6, 6.07) is 0. The van der Waals surface area contributed by atoms with Crippen LogP contribution < -0.4 is 0 Å². The zero-order valence-electron chi connectivity index (χ0n) is 10.00. The predicted molar refractivity (Wildman–Crippen MR) is 67.7 cm³/mol. The van der Waals surface area contributed by atoms with Gasteiger partial charge in [-0.05, 0) is 12.0 Å². The van der Waals surface area contributed by atoms with Crippen LogP contribution in [0.3, 0.4) is 0 Å². The van der Waals surface area contributed by atoms with Crippen molar-refractivity contribution in [3.63, 3.8) is 0 Å². The van der Waals surface area contributed by atoms with E-state index in [1.165, 1.54) is 11.2 Å². The molecule has 3 rings (SSSR count). The van der Waals surface area contributed by atoms with E-state index in [1.54, 1.807) is 6.20 Å². The Hall–Kier alpha value is -2.57. The van der Waals surface area contributed by atoms with E-state index >= 15 is 0 Å². The largest absolute Gasteiger partial charge is 0.493 e. The molecule has 0 saturated carbocycles. The van der Waals surface area contributed by atoms with Gasteiger partial charge in [-0.3, -0.25) is 0 Å². The fourth-order valence-corrected chi connectivity index (χ4v) is 2.29. The van der Waals surface area contributed by atoms with Crippen molar-refractivity contribution in [2.24, 2.45) is 0 Å². The smallest absolute Gasteiger partial charge is 0.407 e. The molecular weight excluding hydrogens is 248 g/mol. The highest BCUT2D eigenvalue weighted by Crippen LogP contribution is 2.32. The molecule has 0 radical (unpaired) electrons. The highest BCUT2D eigenvalue weighted by molar-refractivity contribution is 5.94. The van der Waals surface area contributed by atoms with Gasteiger partial charge in [0.1, 0.15) is 12.0 Å². The molecule has 0 saturated heterocycles. The van der Waals surface area contributed by atoms with Gasteiger partial charge >= 0.3 is 6.09 Å². The summed E-state index contributed by atoms with van der Waals surface area (Å²) in [4.78, 5) is 23.0. The van der Waals surface area contributed by atoms with E-state index < -0.39 is 6.09 Å². The van der Waals surface area contributed by atoms with E-state index in [0.717, 1.165) is 11.1 Å². The topological polar surface area (TPSA) is 102 Å². The third kappa shape index (κ3) is 1.88. The SMILES string of the molecule is O=C(O)N1CC=C(c2c[nH]c3ncnc(O)c23)CC1. The van der Waals surface area contributed by atoms with Crippen LogP contribution in [0.1, 0.15) is 12.0 Å². The van der Waals surface area contributed by atoms with Crippen molar-refractivity contribution in [1.82, 2.24) is 19.9 Å². The molecule has 7 nitrogen and oxygen atoms in total. The summed E-state index contributed by atoms with van der Waals surface area (Å²) in [5.41, 5.74) is 2.40. The van der Waals surface area contributed by atoms with Crippen molar-refractivity contribution >= 4 is 22.7 Å². The number of aromatic nitrogens is 3. The Bertz CT molecular complexity index is 677. The third-order valence-corrected chi connectivity index (χ3v) is 3.28. The van der Waals surface area contributed by atoms with Gasteiger partial charge in [0, 0.05) is 24.8 Å². The van der Waals surface area contributed by atoms with E-state index in [1.807, 2.05) is 6.08 Å². The van der Waals surface area contributed by atoms with Gasteiger partial charge in [-0.2, -0.15) is 0 Å². The standard InChI is InChI=1S/C12H12N4O3/c17-11-9-8(5-13-10(9)14-6-15-11)7-1-3-16(4-2-7)12(18)19/h1,5-6H,2-4H2,(H,18,19)(H2,13,14,15,17). The minimum Gasteiger partial charge on any atom is -0.493 e. The highest BCUT2D eigenvalue weighted by Gasteiger charge is 2.20. The van der Waals surface area contributed by atoms with Gasteiger partial charge in [0.2, 0.25) is 5.88 Å². The maximum atomic E-state index is 10.8. The Morgan fingerprint density at radius 2 is 2.26 bits per heavy atom. The Kier molecular flexibility index (Phi) is 2.59. The van der Waals surface area contributed by atoms with Crippen LogP contribution in [0.5, 0.6) is 5.88 Å². The molecule has 0 aromatic carbocycles. The van der Waals surface area contributed by atoms with E-state index in [2.05, 4.69) is 15.0 Å². The van der Waals surface area contributed by atoms with Gasteiger partial charge in [-0.15, -0.1) is 0 Å². The molecule has 7 heteroatoms. The molecular formula is C12H12N4O3. The van der Waals surface area contributed by atoms with Crippen molar-refractivity contribution in [1.29, 1.82) is 0 Å². The predicted octanol–water partition coefficient (Wildman–Crippen LogP) is 1.43. The number of hydrogen-bond acceptors (Lipinski definition) is 4. The molecule has 2 aromatic rings. The van der Waals surface area contributed by atoms with Crippen molar-refractivity contribution in [2.45, 2.75) is 6.42 Å². The number of aromatic hydroxyl groups is 1. The van der Waals surface area contributed by atoms with E-state index in [4.69, 9.17) is 5.11 Å². The highest BCUT2D eigenvalue weighted by atomic mass is 16.4. The number of fused-ring (bicyclic) bond motifs is 1. The first-order valence-electron chi connectivity index (χ1n) is 5.85. The number of H-pyrrole nitrogens is 1. The molecule has 3 N–H and O–H groups in total. The lowest BCUT2D eigenvalue weighted by molar-refractivity contribution is 0.150. The second-order valence-corrected chi connectivity index (χ2v) is 4.33. The van der Waals surface area contributed by atoms with Gasteiger partial charge in [0.25, 0.3) is 0 Å². The van der Waals surface area contributed by atoms with Gasteiger partial charge < -0.3 is 20.1 Å². The van der Waals surface area contributed by atoms with Crippen LogP contribution in [-0.4, -0.2) is 49.2 Å². The summed E-state index contributed by atoms with van der Waals surface area (Å²) < 4.78 is 0. The molecule has 0 unspecified atom stereocenters. The Morgan fingerprint density at radius 3 is 2.95 bits per heavy atom. The van der Waals surface area contributed by atoms with Crippen molar-refractivity contribution in [3.05, 3.63) is 24.2 Å². The number of carboxylic acid groups (broad SMARTS) is 1. The fraction of sp³-hybridized carbons (Fsp3) is 0.250. The molecule has 0 atom stereocenters. The Balaban J connectivity index is 2.00.